The van der Waals surface area contributed by atoms with Crippen LogP contribution in [0.25, 0.3) is 0 Å². The number of carbonyl (C=O) groups is 2. The molecule has 2 amide bonds. The quantitative estimate of drug-likeness (QED) is 0.753. The van der Waals surface area contributed by atoms with E-state index in [1.807, 2.05) is 0 Å². The number of pyridine rings is 2. The van der Waals surface area contributed by atoms with E-state index in [-0.39, 0.29) is 36.5 Å². The molecule has 0 bridgehead atoms. The predicted octanol–water partition coefficient (Wildman–Crippen LogP) is 3.50. The minimum Gasteiger partial charge on any atom is -0.348 e. The highest BCUT2D eigenvalue weighted by molar-refractivity contribution is 5.96. The zero-order valence-corrected chi connectivity index (χ0v) is 15.5. The van der Waals surface area contributed by atoms with Crippen LogP contribution < -0.4 is 10.6 Å². The van der Waals surface area contributed by atoms with Crippen LogP contribution in [0.3, 0.4) is 0 Å². The maximum Gasteiger partial charge on any atom is 0.389 e. The molecule has 0 saturated carbocycles. The first-order chi connectivity index (χ1) is 13.1. The molecule has 0 atom stereocenters. The van der Waals surface area contributed by atoms with E-state index in [0.717, 1.165) is 0 Å². The molecule has 150 valence electrons. The summed E-state index contributed by atoms with van der Waals surface area (Å²) >= 11 is 0. The van der Waals surface area contributed by atoms with E-state index in [1.54, 1.807) is 19.9 Å². The summed E-state index contributed by atoms with van der Waals surface area (Å²) in [5, 5.41) is 5.31. The molecule has 28 heavy (non-hydrogen) atoms. The zero-order valence-electron chi connectivity index (χ0n) is 15.5. The SMILES string of the molecule is CC(C)C(=O)Nc1cc(C(=O)NCc2ccc(CCC(F)(F)F)nc2)ccn1. The van der Waals surface area contributed by atoms with E-state index in [0.29, 0.717) is 16.8 Å². The normalized spacial score (nSPS) is 11.4. The van der Waals surface area contributed by atoms with Crippen molar-refractivity contribution in [2.45, 2.75) is 39.4 Å². The lowest BCUT2D eigenvalue weighted by molar-refractivity contribution is -0.134. The third-order valence-corrected chi connectivity index (χ3v) is 3.80. The van der Waals surface area contributed by atoms with Crippen LogP contribution in [0, 0.1) is 5.92 Å². The topological polar surface area (TPSA) is 84.0 Å². The number of nitrogens with one attached hydrogen (secondary N) is 2. The van der Waals surface area contributed by atoms with Crippen LogP contribution in [0.1, 0.15) is 41.9 Å². The van der Waals surface area contributed by atoms with Crippen LogP contribution in [0.5, 0.6) is 0 Å². The molecule has 0 aliphatic heterocycles. The van der Waals surface area contributed by atoms with Gasteiger partial charge in [-0.05, 0) is 30.2 Å². The molecule has 0 saturated heterocycles. The number of amides is 2. The van der Waals surface area contributed by atoms with Crippen molar-refractivity contribution < 1.29 is 22.8 Å². The molecule has 0 spiro atoms. The van der Waals surface area contributed by atoms with Crippen LogP contribution in [-0.2, 0) is 17.8 Å². The van der Waals surface area contributed by atoms with Crippen molar-refractivity contribution in [1.29, 1.82) is 0 Å². The Morgan fingerprint density at radius 2 is 1.89 bits per heavy atom. The van der Waals surface area contributed by atoms with Gasteiger partial charge in [0.05, 0.1) is 0 Å². The molecular weight excluding hydrogens is 373 g/mol. The van der Waals surface area contributed by atoms with Gasteiger partial charge in [0.2, 0.25) is 5.91 Å². The van der Waals surface area contributed by atoms with E-state index >= 15 is 0 Å². The van der Waals surface area contributed by atoms with Crippen LogP contribution in [0.2, 0.25) is 0 Å². The van der Waals surface area contributed by atoms with Crippen molar-refractivity contribution >= 4 is 17.6 Å². The Labute approximate surface area is 160 Å². The molecule has 0 aromatic carbocycles. The number of aromatic nitrogens is 2. The molecule has 2 N–H and O–H groups in total. The Morgan fingerprint density at radius 1 is 1.14 bits per heavy atom. The monoisotopic (exact) mass is 394 g/mol. The van der Waals surface area contributed by atoms with Crippen molar-refractivity contribution in [1.82, 2.24) is 15.3 Å². The van der Waals surface area contributed by atoms with Gasteiger partial charge in [0.25, 0.3) is 5.91 Å². The van der Waals surface area contributed by atoms with Gasteiger partial charge >= 0.3 is 6.18 Å². The number of nitrogens with zero attached hydrogens (tertiary/aromatic N) is 2. The number of hydrogen-bond donors (Lipinski definition) is 2. The average Bonchev–Trinajstić information content (AvgIpc) is 2.64. The van der Waals surface area contributed by atoms with E-state index in [1.165, 1.54) is 30.6 Å². The van der Waals surface area contributed by atoms with Gasteiger partial charge in [-0.1, -0.05) is 19.9 Å². The first-order valence-corrected chi connectivity index (χ1v) is 8.70. The highest BCUT2D eigenvalue weighted by Crippen LogP contribution is 2.21. The Bertz CT molecular complexity index is 821. The Kier molecular flexibility index (Phi) is 7.08. The second-order valence-electron chi connectivity index (χ2n) is 6.53. The molecule has 0 fully saturated rings. The summed E-state index contributed by atoms with van der Waals surface area (Å²) in [5.74, 6) is -0.516. The summed E-state index contributed by atoms with van der Waals surface area (Å²) in [6, 6.07) is 6.12. The van der Waals surface area contributed by atoms with Crippen molar-refractivity contribution in [3.05, 3.63) is 53.5 Å². The predicted molar refractivity (Wildman–Crippen MR) is 97.5 cm³/mol. The summed E-state index contributed by atoms with van der Waals surface area (Å²) in [5.41, 5.74) is 1.32. The number of hydrogen-bond acceptors (Lipinski definition) is 4. The maximum atomic E-state index is 12.3. The highest BCUT2D eigenvalue weighted by atomic mass is 19.4. The molecule has 2 heterocycles. The molecule has 2 aromatic rings. The lowest BCUT2D eigenvalue weighted by Gasteiger charge is -2.09. The lowest BCUT2D eigenvalue weighted by Crippen LogP contribution is -2.24. The zero-order chi connectivity index (χ0) is 20.7. The van der Waals surface area contributed by atoms with E-state index in [2.05, 4.69) is 20.6 Å². The molecule has 0 aliphatic carbocycles. The summed E-state index contributed by atoms with van der Waals surface area (Å²) in [6.07, 6.45) is -2.47. The Balaban J connectivity index is 1.90. The third-order valence-electron chi connectivity index (χ3n) is 3.80. The van der Waals surface area contributed by atoms with Crippen LogP contribution >= 0.6 is 0 Å². The second-order valence-corrected chi connectivity index (χ2v) is 6.53. The van der Waals surface area contributed by atoms with Crippen molar-refractivity contribution in [2.24, 2.45) is 5.92 Å². The minimum absolute atomic E-state index is 0.168. The minimum atomic E-state index is -4.22. The summed E-state index contributed by atoms with van der Waals surface area (Å²) in [4.78, 5) is 32.0. The van der Waals surface area contributed by atoms with Crippen LogP contribution in [0.15, 0.2) is 36.7 Å². The van der Waals surface area contributed by atoms with Gasteiger partial charge in [-0.15, -0.1) is 0 Å². The molecule has 6 nitrogen and oxygen atoms in total. The highest BCUT2D eigenvalue weighted by Gasteiger charge is 2.26. The molecular formula is C19H21F3N4O2. The van der Waals surface area contributed by atoms with Crippen LogP contribution in [-0.4, -0.2) is 28.0 Å². The van der Waals surface area contributed by atoms with Gasteiger partial charge in [0.15, 0.2) is 0 Å². The number of carbonyl (C=O) groups excluding carboxylic acids is 2. The molecule has 0 aliphatic rings. The fourth-order valence-corrected chi connectivity index (χ4v) is 2.17. The maximum absolute atomic E-state index is 12.3. The Morgan fingerprint density at radius 3 is 2.50 bits per heavy atom. The molecule has 2 rings (SSSR count). The van der Waals surface area contributed by atoms with Gasteiger partial charge in [-0.2, -0.15) is 13.2 Å². The second kappa shape index (κ2) is 9.29. The largest absolute Gasteiger partial charge is 0.389 e. The summed E-state index contributed by atoms with van der Waals surface area (Å²) in [7, 11) is 0. The first kappa shape index (κ1) is 21.3. The Hall–Kier alpha value is -2.97. The van der Waals surface area contributed by atoms with E-state index in [4.69, 9.17) is 0 Å². The summed E-state index contributed by atoms with van der Waals surface area (Å²) < 4.78 is 36.7. The number of anilines is 1. The van der Waals surface area contributed by atoms with Crippen LogP contribution in [0.4, 0.5) is 19.0 Å². The van der Waals surface area contributed by atoms with Crippen molar-refractivity contribution in [3.63, 3.8) is 0 Å². The van der Waals surface area contributed by atoms with Gasteiger partial charge in [-0.3, -0.25) is 14.6 Å². The summed E-state index contributed by atoms with van der Waals surface area (Å²) in [6.45, 7) is 3.66. The van der Waals surface area contributed by atoms with Gasteiger partial charge in [0.1, 0.15) is 5.82 Å². The van der Waals surface area contributed by atoms with Gasteiger partial charge < -0.3 is 10.6 Å². The molecule has 2 aromatic heterocycles. The number of aryl methyl sites for hydroxylation is 1. The van der Waals surface area contributed by atoms with Crippen molar-refractivity contribution in [2.75, 3.05) is 5.32 Å². The van der Waals surface area contributed by atoms with E-state index < -0.39 is 12.6 Å². The third kappa shape index (κ3) is 6.98. The van der Waals surface area contributed by atoms with E-state index in [9.17, 15) is 22.8 Å². The van der Waals surface area contributed by atoms with Gasteiger partial charge in [-0.25, -0.2) is 4.98 Å². The number of rotatable bonds is 7. The average molecular weight is 394 g/mol. The first-order valence-electron chi connectivity index (χ1n) is 8.70. The molecule has 0 radical (unpaired) electrons. The number of alkyl halides is 3. The van der Waals surface area contributed by atoms with Gasteiger partial charge in [0, 0.05) is 42.5 Å². The molecule has 0 unspecified atom stereocenters. The fourth-order valence-electron chi connectivity index (χ4n) is 2.17. The number of halogens is 3. The van der Waals surface area contributed by atoms with Crippen molar-refractivity contribution in [3.8, 4) is 0 Å². The lowest BCUT2D eigenvalue weighted by atomic mass is 10.2. The standard InChI is InChI=1S/C19H21F3N4O2/c1-12(2)17(27)26-16-9-14(6-8-23-16)18(28)25-11-13-3-4-15(24-10-13)5-7-19(20,21)22/h3-4,6,8-10,12H,5,7,11H2,1-2H3,(H,25,28)(H,23,26,27). The smallest absolute Gasteiger partial charge is 0.348 e. The molecule has 9 heteroatoms. The fraction of sp³-hybridized carbons (Fsp3) is 0.368.